The minimum absolute atomic E-state index is 0.00328. The van der Waals surface area contributed by atoms with Gasteiger partial charge in [-0.15, -0.1) is 10.2 Å². The first-order valence-electron chi connectivity index (χ1n) is 10.2. The highest BCUT2D eigenvalue weighted by atomic mass is 32.1. The molecule has 1 amide bonds. The van der Waals surface area contributed by atoms with Gasteiger partial charge in [-0.1, -0.05) is 24.2 Å². The van der Waals surface area contributed by atoms with E-state index in [1.54, 1.807) is 18.0 Å². The Balaban J connectivity index is 1.55. The van der Waals surface area contributed by atoms with Crippen molar-refractivity contribution < 1.29 is 18.7 Å². The van der Waals surface area contributed by atoms with Gasteiger partial charge in [0.1, 0.15) is 0 Å². The summed E-state index contributed by atoms with van der Waals surface area (Å²) in [6.45, 7) is 1.88. The quantitative estimate of drug-likeness (QED) is 0.546. The normalized spacial score (nSPS) is 18.3. The summed E-state index contributed by atoms with van der Waals surface area (Å²) in [4.78, 5) is 25.2. The standard InChI is InChI=1S/C20H24N6O5S/c1-11-8-9-21-26(11)20-25-24-19(32-20)23-17(27)15-10-13(16(30-3)18(28)31-15)22-12-6-4-5-7-14(12)29-2/h8-10,12,14,22H,4-7H2,1-3H3,(H,23,24,27)/t12-,14-/m1/s1. The molecular formula is C20H24N6O5S. The van der Waals surface area contributed by atoms with Crippen molar-refractivity contribution in [2.75, 3.05) is 24.9 Å². The Labute approximate surface area is 187 Å². The van der Waals surface area contributed by atoms with Gasteiger partial charge in [0.05, 0.1) is 24.9 Å². The SMILES string of the molecule is COc1c(N[C@@H]2CCCC[C@H]2OC)cc(C(=O)Nc2nnc(-n3nccc3C)s2)oc1=O. The average Bonchev–Trinajstić information content (AvgIpc) is 3.42. The predicted octanol–water partition coefficient (Wildman–Crippen LogP) is 2.62. The predicted molar refractivity (Wildman–Crippen MR) is 118 cm³/mol. The summed E-state index contributed by atoms with van der Waals surface area (Å²) in [7, 11) is 3.05. The number of anilines is 2. The number of aromatic nitrogens is 4. The van der Waals surface area contributed by atoms with E-state index in [9.17, 15) is 9.59 Å². The molecule has 0 unspecified atom stereocenters. The van der Waals surface area contributed by atoms with Crippen molar-refractivity contribution in [1.82, 2.24) is 20.0 Å². The van der Waals surface area contributed by atoms with Gasteiger partial charge in [-0.2, -0.15) is 5.10 Å². The Bertz CT molecular complexity index is 1160. The monoisotopic (exact) mass is 460 g/mol. The fraction of sp³-hybridized carbons (Fsp3) is 0.450. The minimum Gasteiger partial charge on any atom is -0.488 e. The molecule has 0 aliphatic heterocycles. The Morgan fingerprint density at radius 3 is 2.81 bits per heavy atom. The maximum absolute atomic E-state index is 12.8. The maximum Gasteiger partial charge on any atom is 0.381 e. The molecule has 3 aromatic heterocycles. The van der Waals surface area contributed by atoms with Gasteiger partial charge in [0, 0.05) is 25.1 Å². The van der Waals surface area contributed by atoms with E-state index in [4.69, 9.17) is 13.9 Å². The third-order valence-electron chi connectivity index (χ3n) is 5.33. The molecule has 0 saturated heterocycles. The summed E-state index contributed by atoms with van der Waals surface area (Å²) in [5.74, 6) is -0.788. The van der Waals surface area contributed by atoms with Crippen molar-refractivity contribution in [2.24, 2.45) is 0 Å². The molecule has 4 rings (SSSR count). The Morgan fingerprint density at radius 2 is 2.09 bits per heavy atom. The van der Waals surface area contributed by atoms with E-state index in [2.05, 4.69) is 25.9 Å². The Morgan fingerprint density at radius 1 is 1.28 bits per heavy atom. The van der Waals surface area contributed by atoms with Crippen LogP contribution in [0.2, 0.25) is 0 Å². The first-order chi connectivity index (χ1) is 15.5. The lowest BCUT2D eigenvalue weighted by Gasteiger charge is -2.32. The second-order valence-corrected chi connectivity index (χ2v) is 8.34. The number of rotatable bonds is 7. The minimum atomic E-state index is -0.752. The number of nitrogens with one attached hydrogen (secondary N) is 2. The molecule has 0 spiro atoms. The largest absolute Gasteiger partial charge is 0.488 e. The summed E-state index contributed by atoms with van der Waals surface area (Å²) < 4.78 is 17.6. The van der Waals surface area contributed by atoms with Crippen LogP contribution in [0.5, 0.6) is 5.75 Å². The summed E-state index contributed by atoms with van der Waals surface area (Å²) in [6, 6.07) is 3.28. The van der Waals surface area contributed by atoms with E-state index in [0.717, 1.165) is 42.7 Å². The zero-order valence-corrected chi connectivity index (χ0v) is 18.8. The van der Waals surface area contributed by atoms with Crippen LogP contribution in [0.3, 0.4) is 0 Å². The summed E-state index contributed by atoms with van der Waals surface area (Å²) in [6.07, 6.45) is 5.58. The molecule has 0 bridgehead atoms. The van der Waals surface area contributed by atoms with Gasteiger partial charge in [0.2, 0.25) is 16.0 Å². The second kappa shape index (κ2) is 9.49. The van der Waals surface area contributed by atoms with E-state index in [0.29, 0.717) is 10.8 Å². The number of hydrogen-bond acceptors (Lipinski definition) is 10. The molecule has 0 aromatic carbocycles. The lowest BCUT2D eigenvalue weighted by Crippen LogP contribution is -2.38. The molecule has 0 radical (unpaired) electrons. The molecule has 1 saturated carbocycles. The van der Waals surface area contributed by atoms with Crippen LogP contribution < -0.4 is 21.0 Å². The first-order valence-corrected chi connectivity index (χ1v) is 11.0. The van der Waals surface area contributed by atoms with Crippen LogP contribution in [-0.4, -0.2) is 52.3 Å². The summed E-state index contributed by atoms with van der Waals surface area (Å²) >= 11 is 1.15. The molecule has 170 valence electrons. The van der Waals surface area contributed by atoms with Crippen molar-refractivity contribution in [1.29, 1.82) is 0 Å². The molecule has 1 aliphatic carbocycles. The molecule has 1 fully saturated rings. The smallest absolute Gasteiger partial charge is 0.381 e. The average molecular weight is 461 g/mol. The van der Waals surface area contributed by atoms with Crippen LogP contribution in [0, 0.1) is 6.92 Å². The van der Waals surface area contributed by atoms with E-state index in [1.165, 1.54) is 13.2 Å². The van der Waals surface area contributed by atoms with Crippen LogP contribution in [0.4, 0.5) is 10.8 Å². The highest BCUT2D eigenvalue weighted by molar-refractivity contribution is 7.17. The zero-order valence-electron chi connectivity index (χ0n) is 18.0. The second-order valence-electron chi connectivity index (χ2n) is 7.38. The molecule has 3 aromatic rings. The third-order valence-corrected chi connectivity index (χ3v) is 6.14. The van der Waals surface area contributed by atoms with Crippen LogP contribution in [-0.2, 0) is 4.74 Å². The van der Waals surface area contributed by atoms with E-state index in [-0.39, 0.29) is 28.8 Å². The molecule has 1 aliphatic rings. The number of methoxy groups -OCH3 is 2. The molecule has 3 heterocycles. The zero-order chi connectivity index (χ0) is 22.7. The Hall–Kier alpha value is -3.25. The van der Waals surface area contributed by atoms with Gasteiger partial charge >= 0.3 is 5.63 Å². The van der Waals surface area contributed by atoms with Gasteiger partial charge in [0.15, 0.2) is 5.76 Å². The van der Waals surface area contributed by atoms with E-state index >= 15 is 0 Å². The molecule has 11 nitrogen and oxygen atoms in total. The Kier molecular flexibility index (Phi) is 6.51. The number of ether oxygens (including phenoxy) is 2. The van der Waals surface area contributed by atoms with E-state index in [1.807, 2.05) is 13.0 Å². The lowest BCUT2D eigenvalue weighted by molar-refractivity contribution is 0.0605. The number of hydrogen-bond donors (Lipinski definition) is 2. The topological polar surface area (TPSA) is 133 Å². The van der Waals surface area contributed by atoms with Crippen LogP contribution in [0.15, 0.2) is 27.5 Å². The molecule has 2 N–H and O–H groups in total. The highest BCUT2D eigenvalue weighted by Gasteiger charge is 2.27. The van der Waals surface area contributed by atoms with Gasteiger partial charge < -0.3 is 19.2 Å². The van der Waals surface area contributed by atoms with Crippen molar-refractivity contribution >= 4 is 28.1 Å². The summed E-state index contributed by atoms with van der Waals surface area (Å²) in [5.41, 5.74) is 0.512. The van der Waals surface area contributed by atoms with E-state index < -0.39 is 11.5 Å². The first kappa shape index (κ1) is 22.0. The van der Waals surface area contributed by atoms with Gasteiger partial charge in [0.25, 0.3) is 5.91 Å². The van der Waals surface area contributed by atoms with Crippen LogP contribution in [0.1, 0.15) is 41.9 Å². The molecule has 2 atom stereocenters. The van der Waals surface area contributed by atoms with Crippen molar-refractivity contribution in [3.63, 3.8) is 0 Å². The molecule has 32 heavy (non-hydrogen) atoms. The number of nitrogens with zero attached hydrogens (tertiary/aromatic N) is 4. The molecular weight excluding hydrogens is 436 g/mol. The maximum atomic E-state index is 12.8. The van der Waals surface area contributed by atoms with Crippen molar-refractivity contribution in [2.45, 2.75) is 44.8 Å². The number of amides is 1. The van der Waals surface area contributed by atoms with Gasteiger partial charge in [-0.3, -0.25) is 10.1 Å². The number of carbonyl (C=O) groups excluding carboxylic acids is 1. The number of carbonyl (C=O) groups is 1. The van der Waals surface area contributed by atoms with Gasteiger partial charge in [-0.05, 0) is 25.8 Å². The fourth-order valence-corrected chi connectivity index (χ4v) is 4.48. The highest BCUT2D eigenvalue weighted by Crippen LogP contribution is 2.29. The number of aryl methyl sites for hydroxylation is 1. The molecule has 12 heteroatoms. The summed E-state index contributed by atoms with van der Waals surface area (Å²) in [5, 5.41) is 18.8. The lowest BCUT2D eigenvalue weighted by atomic mass is 9.92. The third kappa shape index (κ3) is 4.50. The fourth-order valence-electron chi connectivity index (χ4n) is 3.72. The van der Waals surface area contributed by atoms with Gasteiger partial charge in [-0.25, -0.2) is 9.48 Å². The van der Waals surface area contributed by atoms with Crippen LogP contribution >= 0.6 is 11.3 Å². The van der Waals surface area contributed by atoms with Crippen LogP contribution in [0.25, 0.3) is 5.13 Å². The van der Waals surface area contributed by atoms with Crippen molar-refractivity contribution in [3.05, 3.63) is 40.2 Å². The van der Waals surface area contributed by atoms with Crippen molar-refractivity contribution in [3.8, 4) is 10.9 Å².